The molecule has 50 heavy (non-hydrogen) atoms. The Hall–Kier alpha value is -4.34. The maximum atomic E-state index is 11.0. The van der Waals surface area contributed by atoms with Crippen molar-refractivity contribution in [3.8, 4) is 0 Å². The molecule has 0 bridgehead atoms. The first-order chi connectivity index (χ1) is 24.2. The van der Waals surface area contributed by atoms with Gasteiger partial charge in [-0.2, -0.15) is 0 Å². The predicted molar refractivity (Wildman–Crippen MR) is 204 cm³/mol. The summed E-state index contributed by atoms with van der Waals surface area (Å²) in [6.07, 6.45) is 45.7. The molecule has 0 amide bonds. The average Bonchev–Trinajstić information content (AvgIpc) is 3.07. The van der Waals surface area contributed by atoms with E-state index in [1.54, 1.807) is 18.2 Å². The van der Waals surface area contributed by atoms with Crippen LogP contribution in [0.4, 0.5) is 0 Å². The number of unbranched alkanes of at least 4 members (excludes halogenated alkanes) is 7. The summed E-state index contributed by atoms with van der Waals surface area (Å²) in [4.78, 5) is 41.4. The first kappa shape index (κ1) is 47.8. The topological polar surface area (TPSA) is 161 Å². The maximum Gasteiger partial charge on any atom is 0.379 e. The maximum absolute atomic E-state index is 11.0. The molecule has 1 unspecified atom stereocenters. The van der Waals surface area contributed by atoms with Crippen molar-refractivity contribution in [3.05, 3.63) is 117 Å². The van der Waals surface area contributed by atoms with Gasteiger partial charge in [0.15, 0.2) is 0 Å². The Bertz CT molecular complexity index is 1130. The number of carboxylic acid groups (broad SMARTS) is 2. The van der Waals surface area contributed by atoms with Crippen LogP contribution in [0, 0.1) is 20.2 Å². The molecule has 0 rings (SSSR count). The van der Waals surface area contributed by atoms with Gasteiger partial charge in [0.25, 0.3) is 0 Å². The Morgan fingerprint density at radius 3 is 1.42 bits per heavy atom. The second-order valence-electron chi connectivity index (χ2n) is 11.6. The smallest absolute Gasteiger partial charge is 0.379 e. The highest BCUT2D eigenvalue weighted by Gasteiger charge is 2.27. The number of allylic oxidation sites excluding steroid dienone is 15. The summed E-state index contributed by atoms with van der Waals surface area (Å²) < 4.78 is 0. The lowest BCUT2D eigenvalue weighted by atomic mass is 10.1. The Morgan fingerprint density at radius 2 is 1.00 bits per heavy atom. The molecule has 0 spiro atoms. The molecule has 0 aromatic carbocycles. The van der Waals surface area contributed by atoms with Crippen LogP contribution >= 0.6 is 0 Å². The predicted octanol–water partition coefficient (Wildman–Crippen LogP) is 11.3. The molecule has 280 valence electrons. The molecule has 10 heteroatoms. The quantitative estimate of drug-likeness (QED) is 0.0324. The van der Waals surface area contributed by atoms with Gasteiger partial charge in [0.05, 0.1) is 11.3 Å². The molecule has 0 heterocycles. The largest absolute Gasteiger partial charge is 0.481 e. The van der Waals surface area contributed by atoms with Gasteiger partial charge in [-0.25, -0.2) is 4.79 Å². The number of aliphatic carboxylic acids is 2. The third-order valence-corrected chi connectivity index (χ3v) is 7.16. The summed E-state index contributed by atoms with van der Waals surface area (Å²) in [6.45, 7) is 4.37. The fourth-order valence-corrected chi connectivity index (χ4v) is 4.26. The molecule has 0 aromatic rings. The average molecular weight is 699 g/mol. The minimum Gasteiger partial charge on any atom is -0.481 e. The van der Waals surface area contributed by atoms with E-state index in [-0.39, 0.29) is 23.5 Å². The lowest BCUT2D eigenvalue weighted by molar-refractivity contribution is -0.510. The van der Waals surface area contributed by atoms with Crippen LogP contribution in [0.1, 0.15) is 136 Å². The molecule has 0 saturated carbocycles. The lowest BCUT2D eigenvalue weighted by Gasteiger charge is -2.01. The molecule has 0 radical (unpaired) electrons. The Morgan fingerprint density at radius 1 is 0.580 bits per heavy atom. The van der Waals surface area contributed by atoms with E-state index in [1.165, 1.54) is 44.9 Å². The van der Waals surface area contributed by atoms with Gasteiger partial charge in [-0.15, -0.1) is 0 Å². The number of carboxylic acids is 2. The van der Waals surface area contributed by atoms with E-state index in [9.17, 15) is 29.8 Å². The van der Waals surface area contributed by atoms with Crippen LogP contribution < -0.4 is 0 Å². The number of hydrogen-bond donors (Lipinski definition) is 2. The van der Waals surface area contributed by atoms with Crippen molar-refractivity contribution >= 4 is 11.9 Å². The summed E-state index contributed by atoms with van der Waals surface area (Å²) in [5.41, 5.74) is 0.222. The van der Waals surface area contributed by atoms with E-state index in [1.807, 2.05) is 36.5 Å². The summed E-state index contributed by atoms with van der Waals surface area (Å²) in [6, 6.07) is -1.51. The molecule has 0 aliphatic heterocycles. The molecule has 10 nitrogen and oxygen atoms in total. The van der Waals surface area contributed by atoms with Crippen molar-refractivity contribution in [2.24, 2.45) is 0 Å². The van der Waals surface area contributed by atoms with E-state index >= 15 is 0 Å². The van der Waals surface area contributed by atoms with E-state index in [0.29, 0.717) is 32.1 Å². The van der Waals surface area contributed by atoms with Gasteiger partial charge in [0.1, 0.15) is 0 Å². The minimum atomic E-state index is -1.51. The third-order valence-electron chi connectivity index (χ3n) is 7.16. The molecule has 0 fully saturated rings. The SMILES string of the molecule is CCCCC/C=C\C/C=C\C/C=C\C/C=C\CCC(C(=O)O)[N+](=O)[O-].CCCCCC=CCC=C(CC=CC/C=C\CCCC(=O)O)[N+](=O)[O-]. The highest BCUT2D eigenvalue weighted by molar-refractivity contribution is 5.71. The Kier molecular flexibility index (Phi) is 35.8. The fourth-order valence-electron chi connectivity index (χ4n) is 4.26. The van der Waals surface area contributed by atoms with Crippen molar-refractivity contribution in [1.29, 1.82) is 0 Å². The molecule has 0 saturated heterocycles. The first-order valence-corrected chi connectivity index (χ1v) is 18.1. The molecule has 1 atom stereocenters. The van der Waals surface area contributed by atoms with Crippen LogP contribution in [0.15, 0.2) is 96.8 Å². The van der Waals surface area contributed by atoms with Crippen LogP contribution in [-0.4, -0.2) is 38.0 Å². The summed E-state index contributed by atoms with van der Waals surface area (Å²) >= 11 is 0. The number of rotatable bonds is 30. The zero-order chi connectivity index (χ0) is 37.5. The second kappa shape index (κ2) is 37.5. The van der Waals surface area contributed by atoms with Gasteiger partial charge in [-0.1, -0.05) is 125 Å². The van der Waals surface area contributed by atoms with Gasteiger partial charge in [0.2, 0.25) is 5.70 Å². The van der Waals surface area contributed by atoms with Gasteiger partial charge in [-0.05, 0) is 83.1 Å². The van der Waals surface area contributed by atoms with Gasteiger partial charge in [0, 0.05) is 17.8 Å². The van der Waals surface area contributed by atoms with Crippen LogP contribution in [0.2, 0.25) is 0 Å². The van der Waals surface area contributed by atoms with Crippen molar-refractivity contribution in [3.63, 3.8) is 0 Å². The van der Waals surface area contributed by atoms with Crippen molar-refractivity contribution in [2.45, 2.75) is 142 Å². The molecular weight excluding hydrogens is 636 g/mol. The van der Waals surface area contributed by atoms with Crippen LogP contribution in [0.3, 0.4) is 0 Å². The van der Waals surface area contributed by atoms with E-state index < -0.39 is 22.9 Å². The number of hydrogen-bond acceptors (Lipinski definition) is 6. The van der Waals surface area contributed by atoms with Gasteiger partial charge in [-0.3, -0.25) is 25.0 Å². The Balaban J connectivity index is 0. The number of carbonyl (C=O) groups is 2. The number of nitrogens with zero attached hydrogens (tertiary/aromatic N) is 2. The zero-order valence-electron chi connectivity index (χ0n) is 30.4. The molecule has 0 aliphatic rings. The van der Waals surface area contributed by atoms with E-state index in [2.05, 4.69) is 50.3 Å². The minimum absolute atomic E-state index is 0.0250. The summed E-state index contributed by atoms with van der Waals surface area (Å²) in [5.74, 6) is -2.15. The number of nitro groups is 2. The van der Waals surface area contributed by atoms with Gasteiger partial charge >= 0.3 is 18.0 Å². The summed E-state index contributed by atoms with van der Waals surface area (Å²) in [5, 5.41) is 38.7. The van der Waals surface area contributed by atoms with Crippen molar-refractivity contribution in [2.75, 3.05) is 0 Å². The highest BCUT2D eigenvalue weighted by atomic mass is 16.6. The van der Waals surface area contributed by atoms with E-state index in [0.717, 1.165) is 32.1 Å². The molecule has 0 aromatic heterocycles. The van der Waals surface area contributed by atoms with Crippen molar-refractivity contribution in [1.82, 2.24) is 0 Å². The second-order valence-corrected chi connectivity index (χ2v) is 11.6. The van der Waals surface area contributed by atoms with Crippen molar-refractivity contribution < 1.29 is 29.6 Å². The van der Waals surface area contributed by atoms with Crippen LogP contribution in [-0.2, 0) is 9.59 Å². The molecule has 0 aliphatic carbocycles. The van der Waals surface area contributed by atoms with Gasteiger partial charge < -0.3 is 10.2 Å². The lowest BCUT2D eigenvalue weighted by Crippen LogP contribution is -2.28. The Labute approximate surface area is 300 Å². The monoisotopic (exact) mass is 698 g/mol. The molecule has 2 N–H and O–H groups in total. The third kappa shape index (κ3) is 36.5. The first-order valence-electron chi connectivity index (χ1n) is 18.1. The normalized spacial score (nSPS) is 13.0. The van der Waals surface area contributed by atoms with Crippen LogP contribution in [0.5, 0.6) is 0 Å². The van der Waals surface area contributed by atoms with Crippen LogP contribution in [0.25, 0.3) is 0 Å². The zero-order valence-corrected chi connectivity index (χ0v) is 30.4. The standard InChI is InChI=1S/2C20H31NO4/c1-2-3-4-5-7-10-13-16-19(21(24)25)17-14-11-8-6-9-12-15-18-20(22)23;1-2-3-4-5-6-7-8-9-10-11-12-13-14-15-16-17-18-19(20(22)23)21(24)25/h6-7,9-11,14,16H,2-5,8,12-13,15,17-18H2,1H3,(H,22,23);6-7,9-10,12-13,15-16,19H,2-5,8,11,14,17-18H2,1H3,(H,22,23)/b9-6-,10-7?,14-11?,19-16?;7-6-,10-9-,13-12-,16-15-. The highest BCUT2D eigenvalue weighted by Crippen LogP contribution is 2.08. The molecular formula is C40H62N2O8. The van der Waals surface area contributed by atoms with E-state index in [4.69, 9.17) is 10.2 Å². The fraction of sp³-hybridized carbons (Fsp3) is 0.550. The summed E-state index contributed by atoms with van der Waals surface area (Å²) in [7, 11) is 0.